The van der Waals surface area contributed by atoms with Gasteiger partial charge in [0, 0.05) is 43.9 Å². The van der Waals surface area contributed by atoms with Crippen LogP contribution in [0.4, 0.5) is 0 Å². The van der Waals surface area contributed by atoms with E-state index in [1.54, 1.807) is 32.5 Å². The Hall–Kier alpha value is -3.03. The highest BCUT2D eigenvalue weighted by atomic mass is 16.5. The van der Waals surface area contributed by atoms with Crippen molar-refractivity contribution >= 4 is 11.8 Å². The first-order valence-corrected chi connectivity index (χ1v) is 9.87. The molecule has 0 saturated carbocycles. The molecule has 2 aromatic rings. The van der Waals surface area contributed by atoms with Crippen molar-refractivity contribution in [2.24, 2.45) is 5.92 Å². The van der Waals surface area contributed by atoms with Crippen LogP contribution in [-0.4, -0.2) is 54.2 Å². The van der Waals surface area contributed by atoms with Crippen molar-refractivity contribution in [3.63, 3.8) is 0 Å². The number of piperidine rings is 1. The summed E-state index contributed by atoms with van der Waals surface area (Å²) in [5.74, 6) is 1.70. The second-order valence-electron chi connectivity index (χ2n) is 7.22. The molecule has 156 valence electrons. The quantitative estimate of drug-likeness (QED) is 0.709. The molecule has 1 aliphatic rings. The van der Waals surface area contributed by atoms with E-state index in [4.69, 9.17) is 9.47 Å². The number of aromatic amines is 1. The minimum Gasteiger partial charge on any atom is -0.497 e. The van der Waals surface area contributed by atoms with E-state index in [9.17, 15) is 9.59 Å². The molecule has 0 spiro atoms. The fourth-order valence-corrected chi connectivity index (χ4v) is 3.65. The van der Waals surface area contributed by atoms with Crippen LogP contribution in [0.3, 0.4) is 0 Å². The van der Waals surface area contributed by atoms with E-state index in [1.807, 2.05) is 17.0 Å². The van der Waals surface area contributed by atoms with Gasteiger partial charge in [0.25, 0.3) is 5.91 Å². The number of likely N-dealkylation sites (tertiary alicyclic amines) is 1. The number of hydrogen-bond donors (Lipinski definition) is 2. The van der Waals surface area contributed by atoms with E-state index < -0.39 is 0 Å². The molecule has 1 saturated heterocycles. The topological polar surface area (TPSA) is 96.5 Å². The molecular weight excluding hydrogens is 372 g/mol. The van der Waals surface area contributed by atoms with Crippen LogP contribution in [0.2, 0.25) is 0 Å². The molecule has 2 heterocycles. The van der Waals surface area contributed by atoms with Crippen molar-refractivity contribution in [3.05, 3.63) is 41.7 Å². The number of carbonyl (C=O) groups is 2. The number of amides is 2. The Balaban J connectivity index is 1.45. The van der Waals surface area contributed by atoms with E-state index in [1.165, 1.54) is 0 Å². The van der Waals surface area contributed by atoms with Crippen molar-refractivity contribution in [1.29, 1.82) is 0 Å². The van der Waals surface area contributed by atoms with Crippen LogP contribution in [0, 0.1) is 5.92 Å². The average Bonchev–Trinajstić information content (AvgIpc) is 3.30. The molecule has 0 radical (unpaired) electrons. The summed E-state index contributed by atoms with van der Waals surface area (Å²) >= 11 is 0. The fourth-order valence-electron chi connectivity index (χ4n) is 3.65. The third-order valence-electron chi connectivity index (χ3n) is 5.29. The SMILES string of the molecule is COc1ccc(CNC(=O)CC[C@H]2CCCN(C(=O)c3ccn[nH]3)C2)c(OC)c1. The van der Waals surface area contributed by atoms with E-state index in [2.05, 4.69) is 15.5 Å². The van der Waals surface area contributed by atoms with Gasteiger partial charge < -0.3 is 19.7 Å². The third kappa shape index (κ3) is 5.49. The van der Waals surface area contributed by atoms with Crippen LogP contribution in [0.1, 0.15) is 41.7 Å². The number of carbonyl (C=O) groups excluding carboxylic acids is 2. The maximum Gasteiger partial charge on any atom is 0.271 e. The Morgan fingerprint density at radius 2 is 2.14 bits per heavy atom. The molecule has 3 rings (SSSR count). The van der Waals surface area contributed by atoms with E-state index in [-0.39, 0.29) is 11.8 Å². The molecule has 1 aromatic carbocycles. The number of hydrogen-bond acceptors (Lipinski definition) is 5. The van der Waals surface area contributed by atoms with Crippen molar-refractivity contribution in [3.8, 4) is 11.5 Å². The molecule has 0 unspecified atom stereocenters. The van der Waals surface area contributed by atoms with Crippen molar-refractivity contribution < 1.29 is 19.1 Å². The molecule has 1 aromatic heterocycles. The summed E-state index contributed by atoms with van der Waals surface area (Å²) in [5.41, 5.74) is 1.41. The minimum atomic E-state index is -0.0248. The Bertz CT molecular complexity index is 822. The maximum absolute atomic E-state index is 12.5. The lowest BCUT2D eigenvalue weighted by molar-refractivity contribution is -0.121. The molecule has 1 aliphatic heterocycles. The number of nitrogens with one attached hydrogen (secondary N) is 2. The minimum absolute atomic E-state index is 0.000103. The molecule has 8 heteroatoms. The number of ether oxygens (including phenoxy) is 2. The summed E-state index contributed by atoms with van der Waals surface area (Å²) < 4.78 is 10.6. The van der Waals surface area contributed by atoms with Gasteiger partial charge in [-0.1, -0.05) is 0 Å². The molecule has 1 fully saturated rings. The molecule has 29 heavy (non-hydrogen) atoms. The summed E-state index contributed by atoms with van der Waals surface area (Å²) in [6.07, 6.45) is 4.77. The Kier molecular flexibility index (Phi) is 7.10. The van der Waals surface area contributed by atoms with E-state index in [0.29, 0.717) is 42.6 Å². The van der Waals surface area contributed by atoms with E-state index in [0.717, 1.165) is 31.4 Å². The predicted molar refractivity (Wildman–Crippen MR) is 108 cm³/mol. The first-order chi connectivity index (χ1) is 14.1. The summed E-state index contributed by atoms with van der Waals surface area (Å²) in [7, 11) is 3.20. The van der Waals surface area contributed by atoms with Crippen LogP contribution >= 0.6 is 0 Å². The van der Waals surface area contributed by atoms with Crippen LogP contribution in [-0.2, 0) is 11.3 Å². The van der Waals surface area contributed by atoms with Gasteiger partial charge in [0.2, 0.25) is 5.91 Å². The number of aromatic nitrogens is 2. The zero-order chi connectivity index (χ0) is 20.6. The Morgan fingerprint density at radius 3 is 2.86 bits per heavy atom. The molecular formula is C21H28N4O4. The lowest BCUT2D eigenvalue weighted by Crippen LogP contribution is -2.40. The van der Waals surface area contributed by atoms with Gasteiger partial charge >= 0.3 is 0 Å². The lowest BCUT2D eigenvalue weighted by Gasteiger charge is -2.32. The van der Waals surface area contributed by atoms with Crippen LogP contribution in [0.25, 0.3) is 0 Å². The van der Waals surface area contributed by atoms with E-state index >= 15 is 0 Å². The first-order valence-electron chi connectivity index (χ1n) is 9.87. The van der Waals surface area contributed by atoms with Crippen LogP contribution < -0.4 is 14.8 Å². The Labute approximate surface area is 170 Å². The number of H-pyrrole nitrogens is 1. The van der Waals surface area contributed by atoms with Gasteiger partial charge in [-0.05, 0) is 43.4 Å². The van der Waals surface area contributed by atoms with Gasteiger partial charge in [-0.3, -0.25) is 14.7 Å². The zero-order valence-corrected chi connectivity index (χ0v) is 16.9. The molecule has 1 atom stereocenters. The molecule has 2 N–H and O–H groups in total. The summed E-state index contributed by atoms with van der Waals surface area (Å²) in [5, 5.41) is 9.52. The van der Waals surface area contributed by atoms with Gasteiger partial charge in [-0.15, -0.1) is 0 Å². The maximum atomic E-state index is 12.5. The average molecular weight is 400 g/mol. The molecule has 0 bridgehead atoms. The number of benzene rings is 1. The summed E-state index contributed by atoms with van der Waals surface area (Å²) in [4.78, 5) is 26.6. The number of methoxy groups -OCH3 is 2. The zero-order valence-electron chi connectivity index (χ0n) is 16.9. The highest BCUT2D eigenvalue weighted by molar-refractivity contribution is 5.92. The molecule has 2 amide bonds. The first kappa shape index (κ1) is 20.7. The van der Waals surface area contributed by atoms with Gasteiger partial charge in [0.05, 0.1) is 14.2 Å². The van der Waals surface area contributed by atoms with Crippen LogP contribution in [0.15, 0.2) is 30.5 Å². The van der Waals surface area contributed by atoms with Crippen molar-refractivity contribution in [2.75, 3.05) is 27.3 Å². The predicted octanol–water partition coefficient (Wildman–Crippen LogP) is 2.38. The standard InChI is InChI=1S/C21H28N4O4/c1-28-17-7-6-16(19(12-17)29-2)13-22-20(26)8-5-15-4-3-11-25(14-15)21(27)18-9-10-23-24-18/h6-7,9-10,12,15H,3-5,8,11,13-14H2,1-2H3,(H,22,26)(H,23,24)/t15-/m1/s1. The van der Waals surface area contributed by atoms with Crippen molar-refractivity contribution in [1.82, 2.24) is 20.4 Å². The van der Waals surface area contributed by atoms with Gasteiger partial charge in [0.1, 0.15) is 17.2 Å². The second-order valence-corrected chi connectivity index (χ2v) is 7.22. The molecule has 8 nitrogen and oxygen atoms in total. The largest absolute Gasteiger partial charge is 0.497 e. The normalized spacial score (nSPS) is 16.3. The fraction of sp³-hybridized carbons (Fsp3) is 0.476. The molecule has 0 aliphatic carbocycles. The number of nitrogens with zero attached hydrogens (tertiary/aromatic N) is 2. The van der Waals surface area contributed by atoms with Crippen LogP contribution in [0.5, 0.6) is 11.5 Å². The third-order valence-corrected chi connectivity index (χ3v) is 5.29. The Morgan fingerprint density at radius 1 is 1.28 bits per heavy atom. The lowest BCUT2D eigenvalue weighted by atomic mass is 9.93. The van der Waals surface area contributed by atoms with Crippen molar-refractivity contribution in [2.45, 2.75) is 32.2 Å². The van der Waals surface area contributed by atoms with Gasteiger partial charge in [-0.2, -0.15) is 5.10 Å². The number of rotatable bonds is 8. The smallest absolute Gasteiger partial charge is 0.271 e. The summed E-state index contributed by atoms with van der Waals surface area (Å²) in [6.45, 7) is 1.83. The van der Waals surface area contributed by atoms with Gasteiger partial charge in [0.15, 0.2) is 0 Å². The highest BCUT2D eigenvalue weighted by Crippen LogP contribution is 2.25. The summed E-state index contributed by atoms with van der Waals surface area (Å²) in [6, 6.07) is 7.22. The second kappa shape index (κ2) is 9.95. The highest BCUT2D eigenvalue weighted by Gasteiger charge is 2.25. The van der Waals surface area contributed by atoms with Gasteiger partial charge in [-0.25, -0.2) is 0 Å². The monoisotopic (exact) mass is 400 g/mol.